The summed E-state index contributed by atoms with van der Waals surface area (Å²) < 4.78 is 30.9. The van der Waals surface area contributed by atoms with Gasteiger partial charge in [0.05, 0.1) is 30.4 Å². The number of carbonyl (C=O) groups is 2. The van der Waals surface area contributed by atoms with Crippen molar-refractivity contribution in [2.75, 3.05) is 23.9 Å². The second kappa shape index (κ2) is 8.58. The summed E-state index contributed by atoms with van der Waals surface area (Å²) in [5.74, 6) is 0.222. The van der Waals surface area contributed by atoms with E-state index in [1.807, 2.05) is 12.1 Å². The van der Waals surface area contributed by atoms with E-state index in [0.29, 0.717) is 29.1 Å². The lowest BCUT2D eigenvalue weighted by Crippen LogP contribution is -2.16. The average Bonchev–Trinajstić information content (AvgIpc) is 3.37. The van der Waals surface area contributed by atoms with Gasteiger partial charge in [0, 0.05) is 16.8 Å². The number of aromatic nitrogens is 2. The Labute approximate surface area is 186 Å². The second-order valence-electron chi connectivity index (χ2n) is 7.74. The number of carbonyl (C=O) groups excluding carboxylic acids is 2. The minimum absolute atomic E-state index is 0.0143. The highest BCUT2D eigenvalue weighted by Crippen LogP contribution is 2.31. The van der Waals surface area contributed by atoms with Gasteiger partial charge in [0.2, 0.25) is 0 Å². The molecule has 1 N–H and O–H groups in total. The first-order chi connectivity index (χ1) is 15.3. The Balaban J connectivity index is 1.68. The fourth-order valence-corrected chi connectivity index (χ4v) is 5.43. The molecule has 1 aromatic heterocycles. The number of sulfone groups is 1. The Hall–Kier alpha value is -3.46. The van der Waals surface area contributed by atoms with E-state index in [0.717, 1.165) is 5.56 Å². The van der Waals surface area contributed by atoms with Gasteiger partial charge in [-0.2, -0.15) is 5.10 Å². The van der Waals surface area contributed by atoms with Gasteiger partial charge in [-0.05, 0) is 55.8 Å². The monoisotopic (exact) mass is 453 g/mol. The van der Waals surface area contributed by atoms with E-state index in [1.54, 1.807) is 54.3 Å². The Morgan fingerprint density at radius 3 is 2.50 bits per heavy atom. The van der Waals surface area contributed by atoms with Gasteiger partial charge in [-0.3, -0.25) is 14.3 Å². The lowest BCUT2D eigenvalue weighted by atomic mass is 10.1. The Bertz CT molecular complexity index is 1280. The van der Waals surface area contributed by atoms with Gasteiger partial charge in [0.25, 0.3) is 5.91 Å². The number of hydrogen-bond donors (Lipinski definition) is 1. The molecule has 1 saturated heterocycles. The van der Waals surface area contributed by atoms with E-state index < -0.39 is 15.7 Å². The molecule has 0 spiro atoms. The fourth-order valence-electron chi connectivity index (χ4n) is 3.74. The van der Waals surface area contributed by atoms with Crippen LogP contribution in [0.4, 0.5) is 5.69 Å². The summed E-state index contributed by atoms with van der Waals surface area (Å²) in [6.07, 6.45) is 0.439. The molecule has 9 heteroatoms. The molecule has 4 rings (SSSR count). The van der Waals surface area contributed by atoms with Crippen molar-refractivity contribution in [3.05, 3.63) is 65.9 Å². The zero-order valence-electron chi connectivity index (χ0n) is 17.7. The smallest absolute Gasteiger partial charge is 0.276 e. The zero-order valence-corrected chi connectivity index (χ0v) is 18.6. The first-order valence-corrected chi connectivity index (χ1v) is 11.9. The van der Waals surface area contributed by atoms with E-state index in [1.165, 1.54) is 6.92 Å². The van der Waals surface area contributed by atoms with Crippen LogP contribution in [0.3, 0.4) is 0 Å². The van der Waals surface area contributed by atoms with Crippen LogP contribution in [0, 0.1) is 0 Å². The summed E-state index contributed by atoms with van der Waals surface area (Å²) in [5, 5.41) is 7.24. The number of ketones is 1. The van der Waals surface area contributed by atoms with E-state index in [4.69, 9.17) is 4.74 Å². The van der Waals surface area contributed by atoms with Crippen LogP contribution in [0.15, 0.2) is 54.6 Å². The van der Waals surface area contributed by atoms with Crippen LogP contribution in [-0.2, 0) is 9.84 Å². The molecule has 1 atom stereocenters. The average molecular weight is 454 g/mol. The zero-order chi connectivity index (χ0) is 22.9. The number of anilines is 1. The predicted molar refractivity (Wildman–Crippen MR) is 121 cm³/mol. The molecule has 1 amide bonds. The minimum atomic E-state index is -3.14. The van der Waals surface area contributed by atoms with Gasteiger partial charge < -0.3 is 10.1 Å². The largest absolute Gasteiger partial charge is 0.497 e. The number of nitrogens with zero attached hydrogens (tertiary/aromatic N) is 2. The van der Waals surface area contributed by atoms with Crippen LogP contribution in [-0.4, -0.2) is 48.5 Å². The fraction of sp³-hybridized carbons (Fsp3) is 0.261. The van der Waals surface area contributed by atoms with Crippen molar-refractivity contribution in [1.82, 2.24) is 9.78 Å². The number of rotatable bonds is 6. The van der Waals surface area contributed by atoms with Gasteiger partial charge in [0.1, 0.15) is 5.75 Å². The van der Waals surface area contributed by atoms with Crippen molar-refractivity contribution >= 4 is 27.2 Å². The molecule has 0 bridgehead atoms. The predicted octanol–water partition coefficient (Wildman–Crippen LogP) is 3.37. The van der Waals surface area contributed by atoms with Gasteiger partial charge in [-0.1, -0.05) is 12.1 Å². The number of nitrogens with one attached hydrogen (secondary N) is 1. The Morgan fingerprint density at radius 1 is 1.12 bits per heavy atom. The van der Waals surface area contributed by atoms with Gasteiger partial charge >= 0.3 is 0 Å². The van der Waals surface area contributed by atoms with Gasteiger partial charge in [-0.15, -0.1) is 0 Å². The molecular formula is C23H23N3O5S. The van der Waals surface area contributed by atoms with Crippen molar-refractivity contribution in [1.29, 1.82) is 0 Å². The molecule has 1 aliphatic heterocycles. The molecule has 1 fully saturated rings. The lowest BCUT2D eigenvalue weighted by Gasteiger charge is -2.13. The van der Waals surface area contributed by atoms with E-state index in [2.05, 4.69) is 10.4 Å². The van der Waals surface area contributed by atoms with E-state index in [-0.39, 0.29) is 29.0 Å². The quantitative estimate of drug-likeness (QED) is 0.574. The van der Waals surface area contributed by atoms with Crippen LogP contribution < -0.4 is 10.1 Å². The molecule has 2 heterocycles. The Kier molecular flexibility index (Phi) is 5.84. The van der Waals surface area contributed by atoms with Gasteiger partial charge in [0.15, 0.2) is 21.3 Å². The standard InChI is InChI=1S/C23H23N3O5S/c1-15(27)17-4-3-5-18(12-17)24-23(28)21-13-22(16-6-8-20(31-2)9-7-16)26(25-21)19-10-11-32(29,30)14-19/h3-9,12-13,19H,10-11,14H2,1-2H3,(H,24,28)/t19-/m0/s1. The molecule has 2 aromatic carbocycles. The van der Waals surface area contributed by atoms with Gasteiger partial charge in [-0.25, -0.2) is 8.42 Å². The van der Waals surface area contributed by atoms with E-state index >= 15 is 0 Å². The van der Waals surface area contributed by atoms with Crippen molar-refractivity contribution < 1.29 is 22.7 Å². The van der Waals surface area contributed by atoms with Crippen molar-refractivity contribution in [3.8, 4) is 17.0 Å². The van der Waals surface area contributed by atoms with Crippen LogP contribution in [0.5, 0.6) is 5.75 Å². The maximum Gasteiger partial charge on any atom is 0.276 e. The number of amides is 1. The molecule has 0 aliphatic carbocycles. The highest BCUT2D eigenvalue weighted by molar-refractivity contribution is 7.91. The number of Topliss-reactive ketones (excluding diaryl/α,β-unsaturated/α-hetero) is 1. The first-order valence-electron chi connectivity index (χ1n) is 10.1. The third kappa shape index (κ3) is 4.57. The SMILES string of the molecule is COc1ccc(-c2cc(C(=O)Nc3cccc(C(C)=O)c3)nn2[C@H]2CCS(=O)(=O)C2)cc1. The minimum Gasteiger partial charge on any atom is -0.497 e. The maximum absolute atomic E-state index is 12.9. The molecule has 0 unspecified atom stereocenters. The van der Waals surface area contributed by atoms with Crippen molar-refractivity contribution in [2.45, 2.75) is 19.4 Å². The molecule has 1 aliphatic rings. The third-order valence-electron chi connectivity index (χ3n) is 5.44. The summed E-state index contributed by atoms with van der Waals surface area (Å²) in [6, 6.07) is 15.2. The van der Waals surface area contributed by atoms with Crippen molar-refractivity contribution in [3.63, 3.8) is 0 Å². The number of methoxy groups -OCH3 is 1. The highest BCUT2D eigenvalue weighted by Gasteiger charge is 2.32. The summed E-state index contributed by atoms with van der Waals surface area (Å²) >= 11 is 0. The van der Waals surface area contributed by atoms with Crippen LogP contribution in [0.1, 0.15) is 40.2 Å². The maximum atomic E-state index is 12.9. The molecule has 8 nitrogen and oxygen atoms in total. The molecule has 0 radical (unpaired) electrons. The first kappa shape index (κ1) is 21.8. The topological polar surface area (TPSA) is 107 Å². The van der Waals surface area contributed by atoms with E-state index in [9.17, 15) is 18.0 Å². The van der Waals surface area contributed by atoms with Crippen LogP contribution in [0.25, 0.3) is 11.3 Å². The van der Waals surface area contributed by atoms with Crippen LogP contribution in [0.2, 0.25) is 0 Å². The lowest BCUT2D eigenvalue weighted by molar-refractivity contribution is 0.100. The molecule has 0 saturated carbocycles. The molecule has 166 valence electrons. The number of hydrogen-bond acceptors (Lipinski definition) is 6. The highest BCUT2D eigenvalue weighted by atomic mass is 32.2. The molecule has 3 aromatic rings. The number of benzene rings is 2. The summed E-state index contributed by atoms with van der Waals surface area (Å²) in [6.45, 7) is 1.46. The summed E-state index contributed by atoms with van der Waals surface area (Å²) in [5.41, 5.74) is 2.57. The number of ether oxygens (including phenoxy) is 1. The molecular weight excluding hydrogens is 430 g/mol. The third-order valence-corrected chi connectivity index (χ3v) is 7.19. The van der Waals surface area contributed by atoms with Crippen molar-refractivity contribution in [2.24, 2.45) is 0 Å². The normalized spacial score (nSPS) is 17.1. The van der Waals surface area contributed by atoms with Crippen LogP contribution >= 0.6 is 0 Å². The molecule has 32 heavy (non-hydrogen) atoms. The Morgan fingerprint density at radius 2 is 1.88 bits per heavy atom. The summed E-state index contributed by atoms with van der Waals surface area (Å²) in [7, 11) is -1.56. The summed E-state index contributed by atoms with van der Waals surface area (Å²) in [4.78, 5) is 24.5. The second-order valence-corrected chi connectivity index (χ2v) is 9.96.